The molecule has 0 unspecified atom stereocenters. The second kappa shape index (κ2) is 5.86. The zero-order valence-electron chi connectivity index (χ0n) is 10.4. The predicted octanol–water partition coefficient (Wildman–Crippen LogP) is 2.14. The van der Waals surface area contributed by atoms with Crippen molar-refractivity contribution in [2.75, 3.05) is 6.61 Å². The van der Waals surface area contributed by atoms with Gasteiger partial charge in [0.05, 0.1) is 24.6 Å². The SMILES string of the molecule is CCOC(=O)/C=C/n1cc(-c2ccccc2)c(=O)o1. The number of carbonyl (C=O) groups excluding carboxylic acids is 1. The van der Waals surface area contributed by atoms with Gasteiger partial charge in [-0.3, -0.25) is 0 Å². The molecule has 98 valence electrons. The van der Waals surface area contributed by atoms with Crippen LogP contribution < -0.4 is 5.63 Å². The molecule has 5 heteroatoms. The smallest absolute Gasteiger partial charge is 0.365 e. The maximum absolute atomic E-state index is 11.7. The van der Waals surface area contributed by atoms with Crippen LogP contribution in [0.15, 0.2) is 51.9 Å². The van der Waals surface area contributed by atoms with E-state index in [1.165, 1.54) is 23.2 Å². The minimum atomic E-state index is -0.486. The van der Waals surface area contributed by atoms with Gasteiger partial charge in [0.15, 0.2) is 0 Å². The Hall–Kier alpha value is -2.56. The van der Waals surface area contributed by atoms with E-state index in [-0.39, 0.29) is 0 Å². The van der Waals surface area contributed by atoms with E-state index in [0.717, 1.165) is 5.56 Å². The fourth-order valence-corrected chi connectivity index (χ4v) is 1.56. The Morgan fingerprint density at radius 3 is 2.79 bits per heavy atom. The van der Waals surface area contributed by atoms with Gasteiger partial charge in [-0.15, -0.1) is 0 Å². The molecule has 0 saturated carbocycles. The highest BCUT2D eigenvalue weighted by Gasteiger charge is 2.07. The molecule has 1 aromatic carbocycles. The summed E-state index contributed by atoms with van der Waals surface area (Å²) in [7, 11) is 0. The maximum Gasteiger partial charge on any atom is 0.365 e. The van der Waals surface area contributed by atoms with Gasteiger partial charge >= 0.3 is 11.6 Å². The van der Waals surface area contributed by atoms with E-state index in [1.54, 1.807) is 6.92 Å². The molecule has 1 aromatic heterocycles. The lowest BCUT2D eigenvalue weighted by Crippen LogP contribution is -1.99. The van der Waals surface area contributed by atoms with E-state index in [1.807, 2.05) is 30.3 Å². The first-order valence-corrected chi connectivity index (χ1v) is 5.83. The highest BCUT2D eigenvalue weighted by Crippen LogP contribution is 2.14. The molecular weight excluding hydrogens is 246 g/mol. The van der Waals surface area contributed by atoms with Crippen LogP contribution in [0.3, 0.4) is 0 Å². The van der Waals surface area contributed by atoms with E-state index < -0.39 is 11.6 Å². The Morgan fingerprint density at radius 1 is 1.37 bits per heavy atom. The molecule has 0 amide bonds. The van der Waals surface area contributed by atoms with Crippen molar-refractivity contribution in [1.82, 2.24) is 4.74 Å². The molecule has 0 spiro atoms. The van der Waals surface area contributed by atoms with Crippen LogP contribution in [-0.2, 0) is 9.53 Å². The van der Waals surface area contributed by atoms with Crippen molar-refractivity contribution in [3.63, 3.8) is 0 Å². The summed E-state index contributed by atoms with van der Waals surface area (Å²) in [6, 6.07) is 9.15. The quantitative estimate of drug-likeness (QED) is 0.623. The van der Waals surface area contributed by atoms with Crippen molar-refractivity contribution in [3.8, 4) is 11.1 Å². The molecule has 0 aliphatic heterocycles. The van der Waals surface area contributed by atoms with Crippen molar-refractivity contribution < 1.29 is 14.1 Å². The first-order chi connectivity index (χ1) is 9.20. The van der Waals surface area contributed by atoms with E-state index in [2.05, 4.69) is 0 Å². The lowest BCUT2D eigenvalue weighted by atomic mass is 10.1. The Balaban J connectivity index is 2.23. The maximum atomic E-state index is 11.7. The molecule has 0 aliphatic rings. The average Bonchev–Trinajstić information content (AvgIpc) is 2.79. The minimum absolute atomic E-state index is 0.300. The molecule has 1 heterocycles. The largest absolute Gasteiger partial charge is 0.463 e. The zero-order chi connectivity index (χ0) is 13.7. The average molecular weight is 259 g/mol. The van der Waals surface area contributed by atoms with Crippen LogP contribution in [0, 0.1) is 0 Å². The minimum Gasteiger partial charge on any atom is -0.463 e. The molecule has 0 bridgehead atoms. The van der Waals surface area contributed by atoms with Crippen LogP contribution in [-0.4, -0.2) is 17.3 Å². The number of hydrogen-bond donors (Lipinski definition) is 0. The third kappa shape index (κ3) is 3.22. The fourth-order valence-electron chi connectivity index (χ4n) is 1.56. The molecule has 0 atom stereocenters. The molecule has 0 radical (unpaired) electrons. The second-order valence-corrected chi connectivity index (χ2v) is 3.72. The third-order valence-corrected chi connectivity index (χ3v) is 2.39. The lowest BCUT2D eigenvalue weighted by molar-refractivity contribution is -0.137. The molecule has 0 N–H and O–H groups in total. The van der Waals surface area contributed by atoms with Crippen molar-refractivity contribution in [3.05, 3.63) is 53.0 Å². The number of benzene rings is 1. The number of aromatic nitrogens is 1. The van der Waals surface area contributed by atoms with Gasteiger partial charge in [-0.1, -0.05) is 30.3 Å². The summed E-state index contributed by atoms with van der Waals surface area (Å²) < 4.78 is 10.9. The van der Waals surface area contributed by atoms with Crippen LogP contribution >= 0.6 is 0 Å². The van der Waals surface area contributed by atoms with Gasteiger partial charge < -0.3 is 9.26 Å². The van der Waals surface area contributed by atoms with Crippen LogP contribution in [0.2, 0.25) is 0 Å². The third-order valence-electron chi connectivity index (χ3n) is 2.39. The summed E-state index contributed by atoms with van der Waals surface area (Å²) in [4.78, 5) is 22.8. The molecule has 2 rings (SSSR count). The summed E-state index contributed by atoms with van der Waals surface area (Å²) in [5, 5.41) is 0. The van der Waals surface area contributed by atoms with E-state index >= 15 is 0 Å². The van der Waals surface area contributed by atoms with E-state index in [9.17, 15) is 9.59 Å². The number of hydrogen-bond acceptors (Lipinski definition) is 4. The highest BCUT2D eigenvalue weighted by molar-refractivity contribution is 5.84. The molecule has 2 aromatic rings. The number of carbonyl (C=O) groups is 1. The Bertz CT molecular complexity index is 637. The Morgan fingerprint density at radius 2 is 2.11 bits per heavy atom. The molecule has 0 saturated heterocycles. The van der Waals surface area contributed by atoms with Crippen molar-refractivity contribution >= 4 is 12.2 Å². The van der Waals surface area contributed by atoms with Crippen LogP contribution in [0.4, 0.5) is 0 Å². The van der Waals surface area contributed by atoms with E-state index in [4.69, 9.17) is 9.26 Å². The Kier molecular flexibility index (Phi) is 3.97. The highest BCUT2D eigenvalue weighted by atomic mass is 16.5. The molecule has 0 aliphatic carbocycles. The summed E-state index contributed by atoms with van der Waals surface area (Å²) in [6.45, 7) is 2.02. The number of esters is 1. The standard InChI is InChI=1S/C14H13NO4/c1-2-18-13(16)8-9-15-10-12(14(17)19-15)11-6-4-3-5-7-11/h3-10H,2H2,1H3/b9-8+. The molecule has 5 nitrogen and oxygen atoms in total. The second-order valence-electron chi connectivity index (χ2n) is 3.72. The van der Waals surface area contributed by atoms with Gasteiger partial charge in [0.25, 0.3) is 0 Å². The van der Waals surface area contributed by atoms with E-state index in [0.29, 0.717) is 12.2 Å². The van der Waals surface area contributed by atoms with Crippen molar-refractivity contribution in [2.45, 2.75) is 6.92 Å². The fraction of sp³-hybridized carbons (Fsp3) is 0.143. The summed E-state index contributed by atoms with van der Waals surface area (Å²) >= 11 is 0. The summed E-state index contributed by atoms with van der Waals surface area (Å²) in [5.74, 6) is -0.486. The summed E-state index contributed by atoms with van der Waals surface area (Å²) in [6.07, 6.45) is 4.06. The van der Waals surface area contributed by atoms with Crippen LogP contribution in [0.25, 0.3) is 17.3 Å². The normalized spacial score (nSPS) is 10.8. The van der Waals surface area contributed by atoms with Crippen molar-refractivity contribution in [2.24, 2.45) is 0 Å². The van der Waals surface area contributed by atoms with Gasteiger partial charge in [0.2, 0.25) is 0 Å². The Labute approximate surface area is 109 Å². The molecule has 19 heavy (non-hydrogen) atoms. The van der Waals surface area contributed by atoms with Crippen LogP contribution in [0.1, 0.15) is 6.92 Å². The van der Waals surface area contributed by atoms with Crippen molar-refractivity contribution in [1.29, 1.82) is 0 Å². The number of ether oxygens (including phenoxy) is 1. The molecule has 0 fully saturated rings. The molecular formula is C14H13NO4. The first kappa shape index (κ1) is 12.9. The van der Waals surface area contributed by atoms with Crippen LogP contribution in [0.5, 0.6) is 0 Å². The lowest BCUT2D eigenvalue weighted by Gasteiger charge is -1.94. The van der Waals surface area contributed by atoms with Gasteiger partial charge in [0.1, 0.15) is 0 Å². The topological polar surface area (TPSA) is 61.4 Å². The predicted molar refractivity (Wildman–Crippen MR) is 70.4 cm³/mol. The van der Waals surface area contributed by atoms with Gasteiger partial charge in [-0.25, -0.2) is 9.59 Å². The number of rotatable bonds is 4. The monoisotopic (exact) mass is 259 g/mol. The number of nitrogens with zero attached hydrogens (tertiary/aromatic N) is 1. The zero-order valence-corrected chi connectivity index (χ0v) is 10.4. The van der Waals surface area contributed by atoms with Gasteiger partial charge in [0, 0.05) is 6.08 Å². The summed E-state index contributed by atoms with van der Waals surface area (Å²) in [5.41, 5.74) is 0.744. The van der Waals surface area contributed by atoms with Gasteiger partial charge in [-0.2, -0.15) is 4.74 Å². The first-order valence-electron chi connectivity index (χ1n) is 5.83. The van der Waals surface area contributed by atoms with Gasteiger partial charge in [-0.05, 0) is 12.5 Å².